The van der Waals surface area contributed by atoms with Crippen LogP contribution in [0.2, 0.25) is 0 Å². The third kappa shape index (κ3) is 5.00. The molecule has 0 saturated heterocycles. The van der Waals surface area contributed by atoms with Crippen LogP contribution in [0.15, 0.2) is 12.4 Å². The SMILES string of the molecule is CCCCN1C=CN(C)C1.Cl.[Zn]. The second kappa shape index (κ2) is 7.88. The van der Waals surface area contributed by atoms with Crippen molar-refractivity contribution in [2.24, 2.45) is 0 Å². The Morgan fingerprint density at radius 2 is 2.00 bits per heavy atom. The molecule has 0 spiro atoms. The minimum Gasteiger partial charge on any atom is -0.362 e. The summed E-state index contributed by atoms with van der Waals surface area (Å²) in [5.41, 5.74) is 0. The van der Waals surface area contributed by atoms with Crippen LogP contribution in [0.5, 0.6) is 0 Å². The van der Waals surface area contributed by atoms with Gasteiger partial charge in [0.25, 0.3) is 0 Å². The minimum atomic E-state index is 0. The van der Waals surface area contributed by atoms with Crippen molar-refractivity contribution in [1.29, 1.82) is 0 Å². The van der Waals surface area contributed by atoms with E-state index in [9.17, 15) is 0 Å². The Kier molecular flexibility index (Phi) is 9.69. The van der Waals surface area contributed by atoms with Gasteiger partial charge in [-0.15, -0.1) is 12.4 Å². The number of rotatable bonds is 3. The molecular formula is C8H17ClN2Zn. The zero-order valence-electron chi connectivity index (χ0n) is 7.99. The Hall–Kier alpha value is 0.253. The second-order valence-electron chi connectivity index (χ2n) is 2.86. The fourth-order valence-corrected chi connectivity index (χ4v) is 1.10. The van der Waals surface area contributed by atoms with Gasteiger partial charge in [-0.1, -0.05) is 13.3 Å². The van der Waals surface area contributed by atoms with Gasteiger partial charge in [0.1, 0.15) is 0 Å². The molecule has 1 aliphatic rings. The minimum absolute atomic E-state index is 0. The number of halogens is 1. The Bertz CT molecular complexity index is 130. The van der Waals surface area contributed by atoms with Gasteiger partial charge in [-0.3, -0.25) is 0 Å². The topological polar surface area (TPSA) is 6.48 Å². The molecule has 0 atom stereocenters. The van der Waals surface area contributed by atoms with Crippen molar-refractivity contribution < 1.29 is 19.5 Å². The first-order chi connectivity index (χ1) is 4.83. The molecule has 0 bridgehead atoms. The monoisotopic (exact) mass is 240 g/mol. The summed E-state index contributed by atoms with van der Waals surface area (Å²) in [6, 6.07) is 0. The van der Waals surface area contributed by atoms with Gasteiger partial charge in [0.15, 0.2) is 0 Å². The summed E-state index contributed by atoms with van der Waals surface area (Å²) >= 11 is 0. The van der Waals surface area contributed by atoms with Crippen LogP contribution in [0.25, 0.3) is 0 Å². The van der Waals surface area contributed by atoms with Crippen LogP contribution in [0.1, 0.15) is 19.8 Å². The zero-order valence-corrected chi connectivity index (χ0v) is 11.8. The van der Waals surface area contributed by atoms with Crippen molar-refractivity contribution in [3.8, 4) is 0 Å². The van der Waals surface area contributed by atoms with Gasteiger partial charge < -0.3 is 9.80 Å². The van der Waals surface area contributed by atoms with E-state index in [0.717, 1.165) is 6.67 Å². The smallest absolute Gasteiger partial charge is 0.0890 e. The fraction of sp³-hybridized carbons (Fsp3) is 0.750. The van der Waals surface area contributed by atoms with E-state index in [1.807, 2.05) is 0 Å². The van der Waals surface area contributed by atoms with Crippen LogP contribution < -0.4 is 0 Å². The first-order valence-electron chi connectivity index (χ1n) is 3.95. The molecule has 0 aromatic rings. The van der Waals surface area contributed by atoms with Gasteiger partial charge in [0, 0.05) is 45.5 Å². The van der Waals surface area contributed by atoms with Crippen LogP contribution >= 0.6 is 12.4 Å². The van der Waals surface area contributed by atoms with E-state index in [1.165, 1.54) is 19.4 Å². The van der Waals surface area contributed by atoms with Crippen molar-refractivity contribution in [1.82, 2.24) is 9.80 Å². The van der Waals surface area contributed by atoms with Crippen LogP contribution in [0.4, 0.5) is 0 Å². The standard InChI is InChI=1S/C8H16N2.ClH.Zn/c1-3-4-5-10-7-6-9(2)8-10;;/h6-7H,3-5,8H2,1-2H3;1H;. The van der Waals surface area contributed by atoms with Gasteiger partial charge in [0.05, 0.1) is 6.67 Å². The summed E-state index contributed by atoms with van der Waals surface area (Å²) in [6.45, 7) is 4.50. The van der Waals surface area contributed by atoms with E-state index >= 15 is 0 Å². The summed E-state index contributed by atoms with van der Waals surface area (Å²) in [7, 11) is 2.10. The summed E-state index contributed by atoms with van der Waals surface area (Å²) in [5, 5.41) is 0. The van der Waals surface area contributed by atoms with E-state index in [1.54, 1.807) is 0 Å². The van der Waals surface area contributed by atoms with E-state index in [2.05, 4.69) is 36.2 Å². The van der Waals surface area contributed by atoms with Crippen molar-refractivity contribution in [3.05, 3.63) is 12.4 Å². The van der Waals surface area contributed by atoms with Crippen LogP contribution in [-0.2, 0) is 19.5 Å². The van der Waals surface area contributed by atoms with Gasteiger partial charge in [0.2, 0.25) is 0 Å². The maximum absolute atomic E-state index is 2.34. The Balaban J connectivity index is 0. The molecule has 1 heterocycles. The van der Waals surface area contributed by atoms with E-state index < -0.39 is 0 Å². The molecule has 0 radical (unpaired) electrons. The van der Waals surface area contributed by atoms with Crippen LogP contribution in [0.3, 0.4) is 0 Å². The van der Waals surface area contributed by atoms with Crippen molar-refractivity contribution in [2.75, 3.05) is 20.3 Å². The molecule has 0 saturated carbocycles. The van der Waals surface area contributed by atoms with Crippen molar-refractivity contribution in [2.45, 2.75) is 19.8 Å². The molecule has 2 nitrogen and oxygen atoms in total. The van der Waals surface area contributed by atoms with E-state index in [0.29, 0.717) is 0 Å². The second-order valence-corrected chi connectivity index (χ2v) is 2.86. The Morgan fingerprint density at radius 1 is 1.33 bits per heavy atom. The number of hydrogen-bond donors (Lipinski definition) is 0. The normalized spacial score (nSPS) is 14.2. The predicted molar refractivity (Wildman–Crippen MR) is 50.6 cm³/mol. The molecule has 0 aliphatic carbocycles. The third-order valence-corrected chi connectivity index (χ3v) is 1.74. The van der Waals surface area contributed by atoms with Crippen LogP contribution in [-0.4, -0.2) is 30.1 Å². The molecule has 0 unspecified atom stereocenters. The molecule has 0 N–H and O–H groups in total. The maximum atomic E-state index is 2.34. The summed E-state index contributed by atoms with van der Waals surface area (Å²) in [6.07, 6.45) is 6.87. The molecule has 0 amide bonds. The van der Waals surface area contributed by atoms with E-state index in [-0.39, 0.29) is 31.9 Å². The van der Waals surface area contributed by atoms with Gasteiger partial charge in [-0.25, -0.2) is 0 Å². The molecule has 1 aliphatic heterocycles. The average molecular weight is 242 g/mol. The quantitative estimate of drug-likeness (QED) is 0.697. The Labute approximate surface area is 94.2 Å². The predicted octanol–water partition coefficient (Wildman–Crippen LogP) is 1.88. The third-order valence-electron chi connectivity index (χ3n) is 1.74. The number of nitrogens with zero attached hydrogens (tertiary/aromatic N) is 2. The molecule has 4 heteroatoms. The number of unbranched alkanes of at least 4 members (excludes halogenated alkanes) is 1. The molecule has 0 aromatic carbocycles. The molecule has 12 heavy (non-hydrogen) atoms. The van der Waals surface area contributed by atoms with Gasteiger partial charge in [-0.05, 0) is 6.42 Å². The average Bonchev–Trinajstić information content (AvgIpc) is 2.31. The largest absolute Gasteiger partial charge is 0.362 e. The van der Waals surface area contributed by atoms with Gasteiger partial charge in [-0.2, -0.15) is 0 Å². The summed E-state index contributed by atoms with van der Waals surface area (Å²) in [5.74, 6) is 0. The van der Waals surface area contributed by atoms with Crippen molar-refractivity contribution >= 4 is 12.4 Å². The molecule has 68 valence electrons. The van der Waals surface area contributed by atoms with Crippen molar-refractivity contribution in [3.63, 3.8) is 0 Å². The zero-order chi connectivity index (χ0) is 7.40. The summed E-state index contributed by atoms with van der Waals surface area (Å²) < 4.78 is 0. The summed E-state index contributed by atoms with van der Waals surface area (Å²) in [4.78, 5) is 4.53. The van der Waals surface area contributed by atoms with E-state index in [4.69, 9.17) is 0 Å². The molecular weight excluding hydrogens is 225 g/mol. The Morgan fingerprint density at radius 3 is 2.42 bits per heavy atom. The first-order valence-corrected chi connectivity index (χ1v) is 3.95. The molecule has 1 rings (SSSR count). The maximum Gasteiger partial charge on any atom is 0.0890 e. The first kappa shape index (κ1) is 14.8. The van der Waals surface area contributed by atoms with Gasteiger partial charge >= 0.3 is 0 Å². The fourth-order valence-electron chi connectivity index (χ4n) is 1.10. The molecule has 0 fully saturated rings. The van der Waals surface area contributed by atoms with Crippen LogP contribution in [0, 0.1) is 0 Å². The molecule has 0 aromatic heterocycles. The number of hydrogen-bond acceptors (Lipinski definition) is 2.